The Morgan fingerprint density at radius 2 is 1.82 bits per heavy atom. The van der Waals surface area contributed by atoms with E-state index in [2.05, 4.69) is 20.8 Å². The second-order valence-electron chi connectivity index (χ2n) is 11.2. The van der Waals surface area contributed by atoms with Crippen molar-refractivity contribution >= 4 is 11.8 Å². The lowest BCUT2D eigenvalue weighted by Crippen LogP contribution is -2.53. The molecule has 3 nitrogen and oxygen atoms in total. The largest absolute Gasteiger partial charge is 0.469 e. The van der Waals surface area contributed by atoms with Crippen molar-refractivity contribution in [3.05, 3.63) is 0 Å². The number of carbonyl (C=O) groups is 2. The fourth-order valence-corrected chi connectivity index (χ4v) is 8.67. The number of methoxy groups -OCH3 is 1. The number of hydrogen-bond donors (Lipinski definition) is 0. The summed E-state index contributed by atoms with van der Waals surface area (Å²) in [7, 11) is 1.50. The third-order valence-corrected chi connectivity index (χ3v) is 10.3. The molecule has 0 N–H and O–H groups in total. The van der Waals surface area contributed by atoms with E-state index in [9.17, 15) is 9.59 Å². The fourth-order valence-electron chi connectivity index (χ4n) is 8.67. The Labute approximate surface area is 171 Å². The van der Waals surface area contributed by atoms with Crippen LogP contribution in [-0.2, 0) is 14.3 Å². The molecule has 4 fully saturated rings. The average molecular weight is 389 g/mol. The number of esters is 1. The summed E-state index contributed by atoms with van der Waals surface area (Å²) in [4.78, 5) is 23.7. The highest BCUT2D eigenvalue weighted by Gasteiger charge is 2.60. The molecule has 158 valence electrons. The van der Waals surface area contributed by atoms with Crippen LogP contribution in [0.5, 0.6) is 0 Å². The summed E-state index contributed by atoms with van der Waals surface area (Å²) in [6.45, 7) is 7.49. The van der Waals surface area contributed by atoms with Gasteiger partial charge in [0.2, 0.25) is 0 Å². The van der Waals surface area contributed by atoms with Crippen LogP contribution in [0.1, 0.15) is 91.4 Å². The highest BCUT2D eigenvalue weighted by Crippen LogP contribution is 2.68. The maximum absolute atomic E-state index is 12.1. The molecule has 4 aliphatic rings. The lowest BCUT2D eigenvalue weighted by molar-refractivity contribution is -0.141. The van der Waals surface area contributed by atoms with E-state index >= 15 is 0 Å². The highest BCUT2D eigenvalue weighted by molar-refractivity contribution is 5.79. The van der Waals surface area contributed by atoms with Crippen LogP contribution in [0.25, 0.3) is 0 Å². The van der Waals surface area contributed by atoms with Crippen molar-refractivity contribution in [2.75, 3.05) is 7.11 Å². The molecule has 0 bridgehead atoms. The molecule has 0 unspecified atom stereocenters. The van der Waals surface area contributed by atoms with Gasteiger partial charge in [-0.15, -0.1) is 0 Å². The molecule has 0 amide bonds. The van der Waals surface area contributed by atoms with E-state index in [4.69, 9.17) is 4.74 Å². The summed E-state index contributed by atoms with van der Waals surface area (Å²) in [6, 6.07) is 0. The monoisotopic (exact) mass is 388 g/mol. The van der Waals surface area contributed by atoms with Gasteiger partial charge in [-0.3, -0.25) is 9.59 Å². The second-order valence-corrected chi connectivity index (χ2v) is 11.2. The molecule has 8 atom stereocenters. The van der Waals surface area contributed by atoms with E-state index in [1.807, 2.05) is 0 Å². The number of ether oxygens (including phenoxy) is 1. The Morgan fingerprint density at radius 1 is 1.07 bits per heavy atom. The van der Waals surface area contributed by atoms with Gasteiger partial charge in [-0.05, 0) is 97.7 Å². The molecule has 0 heterocycles. The normalized spacial score (nSPS) is 46.3. The van der Waals surface area contributed by atoms with Crippen LogP contribution >= 0.6 is 0 Å². The standard InChI is InChI=1S/C25H40O3/c1-16(5-10-23(27)28-4)20-8-9-21-19-7-6-17-15-18(26)11-13-24(17,2)22(19)12-14-25(20,21)3/h16-17,19-22H,5-15H2,1-4H3/t16-,17+,19+,20-,21+,22-,24-,25+/m0/s1. The molecule has 3 heteroatoms. The Kier molecular flexibility index (Phi) is 5.42. The lowest BCUT2D eigenvalue weighted by Gasteiger charge is -2.60. The lowest BCUT2D eigenvalue weighted by atomic mass is 9.44. The van der Waals surface area contributed by atoms with Crippen LogP contribution < -0.4 is 0 Å². The molecule has 4 rings (SSSR count). The minimum absolute atomic E-state index is 0.0617. The molecule has 0 saturated heterocycles. The zero-order chi connectivity index (χ0) is 20.1. The van der Waals surface area contributed by atoms with Crippen molar-refractivity contribution in [2.45, 2.75) is 91.4 Å². The van der Waals surface area contributed by atoms with Crippen molar-refractivity contribution < 1.29 is 14.3 Å². The van der Waals surface area contributed by atoms with E-state index < -0.39 is 0 Å². The first-order valence-corrected chi connectivity index (χ1v) is 11.9. The highest BCUT2D eigenvalue weighted by atomic mass is 16.5. The average Bonchev–Trinajstić information content (AvgIpc) is 3.03. The molecule has 4 saturated carbocycles. The third-order valence-electron chi connectivity index (χ3n) is 10.3. The molecule has 0 aromatic carbocycles. The topological polar surface area (TPSA) is 43.4 Å². The summed E-state index contributed by atoms with van der Waals surface area (Å²) >= 11 is 0. The summed E-state index contributed by atoms with van der Waals surface area (Å²) < 4.78 is 4.87. The summed E-state index contributed by atoms with van der Waals surface area (Å²) in [5.74, 6) is 5.01. The van der Waals surface area contributed by atoms with E-state index in [1.165, 1.54) is 45.6 Å². The van der Waals surface area contributed by atoms with Crippen LogP contribution in [0.2, 0.25) is 0 Å². The van der Waals surface area contributed by atoms with Gasteiger partial charge >= 0.3 is 5.97 Å². The van der Waals surface area contributed by atoms with Gasteiger partial charge in [0.1, 0.15) is 5.78 Å². The molecule has 0 radical (unpaired) electrons. The van der Waals surface area contributed by atoms with Crippen LogP contribution in [0.3, 0.4) is 0 Å². The van der Waals surface area contributed by atoms with Gasteiger partial charge in [0.05, 0.1) is 7.11 Å². The molecular weight excluding hydrogens is 348 g/mol. The van der Waals surface area contributed by atoms with E-state index in [0.29, 0.717) is 34.9 Å². The Balaban J connectivity index is 1.49. The molecule has 0 aromatic rings. The first-order valence-electron chi connectivity index (χ1n) is 11.9. The van der Waals surface area contributed by atoms with Gasteiger partial charge in [0.15, 0.2) is 0 Å². The summed E-state index contributed by atoms with van der Waals surface area (Å²) in [6.07, 6.45) is 12.4. The predicted molar refractivity (Wildman–Crippen MR) is 111 cm³/mol. The molecular formula is C25H40O3. The second kappa shape index (κ2) is 7.43. The number of Topliss-reactive ketones (excluding diaryl/α,β-unsaturated/α-hetero) is 1. The van der Waals surface area contributed by atoms with Gasteiger partial charge < -0.3 is 4.74 Å². The van der Waals surface area contributed by atoms with Gasteiger partial charge in [-0.25, -0.2) is 0 Å². The van der Waals surface area contributed by atoms with Crippen LogP contribution in [0.15, 0.2) is 0 Å². The van der Waals surface area contributed by atoms with Crippen molar-refractivity contribution in [1.82, 2.24) is 0 Å². The van der Waals surface area contributed by atoms with Gasteiger partial charge in [0, 0.05) is 19.3 Å². The maximum Gasteiger partial charge on any atom is 0.305 e. The fraction of sp³-hybridized carbons (Fsp3) is 0.920. The molecule has 0 spiro atoms. The predicted octanol–water partition coefficient (Wildman–Crippen LogP) is 5.80. The Bertz CT molecular complexity index is 627. The number of carbonyl (C=O) groups excluding carboxylic acids is 2. The van der Waals surface area contributed by atoms with E-state index in [-0.39, 0.29) is 5.97 Å². The van der Waals surface area contributed by atoms with Crippen LogP contribution in [-0.4, -0.2) is 18.9 Å². The Morgan fingerprint density at radius 3 is 2.57 bits per heavy atom. The van der Waals surface area contributed by atoms with Crippen LogP contribution in [0, 0.1) is 46.3 Å². The quantitative estimate of drug-likeness (QED) is 0.571. The number of ketones is 1. The number of fused-ring (bicyclic) bond motifs is 5. The maximum atomic E-state index is 12.1. The molecule has 0 aromatic heterocycles. The molecule has 0 aliphatic heterocycles. The minimum atomic E-state index is -0.0617. The summed E-state index contributed by atoms with van der Waals surface area (Å²) in [5.41, 5.74) is 0.858. The zero-order valence-electron chi connectivity index (χ0n) is 18.5. The summed E-state index contributed by atoms with van der Waals surface area (Å²) in [5, 5.41) is 0. The van der Waals surface area contributed by atoms with Crippen molar-refractivity contribution in [2.24, 2.45) is 46.3 Å². The zero-order valence-corrected chi connectivity index (χ0v) is 18.5. The Hall–Kier alpha value is -0.860. The molecule has 4 aliphatic carbocycles. The van der Waals surface area contributed by atoms with Crippen molar-refractivity contribution in [3.8, 4) is 0 Å². The molecule has 28 heavy (non-hydrogen) atoms. The number of rotatable bonds is 4. The minimum Gasteiger partial charge on any atom is -0.469 e. The van der Waals surface area contributed by atoms with Gasteiger partial charge in [-0.2, -0.15) is 0 Å². The van der Waals surface area contributed by atoms with Crippen LogP contribution in [0.4, 0.5) is 0 Å². The third kappa shape index (κ3) is 3.16. The van der Waals surface area contributed by atoms with Crippen molar-refractivity contribution in [3.63, 3.8) is 0 Å². The van der Waals surface area contributed by atoms with Gasteiger partial charge in [0.25, 0.3) is 0 Å². The van der Waals surface area contributed by atoms with Gasteiger partial charge in [-0.1, -0.05) is 20.8 Å². The van der Waals surface area contributed by atoms with Crippen molar-refractivity contribution in [1.29, 1.82) is 0 Å². The first kappa shape index (κ1) is 20.4. The number of hydrogen-bond acceptors (Lipinski definition) is 3. The van der Waals surface area contributed by atoms with E-state index in [0.717, 1.165) is 49.4 Å². The first-order chi connectivity index (χ1) is 13.3. The smallest absolute Gasteiger partial charge is 0.305 e. The van der Waals surface area contributed by atoms with E-state index in [1.54, 1.807) is 0 Å². The SMILES string of the molecule is COC(=O)CC[C@H](C)[C@@H]1CC[C@@H]2[C@H]3CC[C@@H]4CC(=O)CC[C@]4(C)[C@H]3CC[C@@]21C.